The number of nitrogens with zero attached hydrogens (tertiary/aromatic N) is 3. The first kappa shape index (κ1) is 20.5. The molecule has 7 nitrogen and oxygen atoms in total. The van der Waals surface area contributed by atoms with E-state index in [2.05, 4.69) is 0 Å². The summed E-state index contributed by atoms with van der Waals surface area (Å²) in [5.74, 6) is 0.428. The second kappa shape index (κ2) is 7.94. The summed E-state index contributed by atoms with van der Waals surface area (Å²) in [6.45, 7) is 1.97. The van der Waals surface area contributed by atoms with Crippen LogP contribution in [0.5, 0.6) is 17.4 Å². The van der Waals surface area contributed by atoms with Crippen LogP contribution < -0.4 is 9.47 Å². The van der Waals surface area contributed by atoms with E-state index in [1.165, 1.54) is 11.7 Å². The third-order valence-corrected chi connectivity index (χ3v) is 5.58. The fourth-order valence-corrected chi connectivity index (χ4v) is 3.94. The Kier molecular flexibility index (Phi) is 4.94. The summed E-state index contributed by atoms with van der Waals surface area (Å²) < 4.78 is 12.4. The van der Waals surface area contributed by atoms with Gasteiger partial charge in [-0.2, -0.15) is 0 Å². The first-order valence-electron chi connectivity index (χ1n) is 10.4. The topological polar surface area (TPSA) is 86.5 Å². The van der Waals surface area contributed by atoms with Crippen molar-refractivity contribution < 1.29 is 19.4 Å². The molecule has 0 atom stereocenters. The summed E-state index contributed by atoms with van der Waals surface area (Å²) in [6, 6.07) is 19.7. The number of aromatic hydroxyl groups is 1. The largest absolute Gasteiger partial charge is 0.497 e. The summed E-state index contributed by atoms with van der Waals surface area (Å²) in [4.78, 5) is 23.0. The predicted octanol–water partition coefficient (Wildman–Crippen LogP) is 4.84. The molecule has 7 heteroatoms. The van der Waals surface area contributed by atoms with Gasteiger partial charge in [-0.3, -0.25) is 9.36 Å². The monoisotopic (exact) mass is 439 g/mol. The van der Waals surface area contributed by atoms with Crippen molar-refractivity contribution in [3.05, 3.63) is 83.4 Å². The standard InChI is InChI=1S/C26H21N3O4/c1-15-9-11-18-19(13-15)28-25-23(27-18)22(24(30)16-7-5-4-6-8-16)26(31)29(25)20-14-17(32-2)10-12-21(20)33-3/h4-14,31H,1-3H3. The fourth-order valence-electron chi connectivity index (χ4n) is 3.94. The Labute approximate surface area is 189 Å². The van der Waals surface area contributed by atoms with E-state index in [1.54, 1.807) is 49.6 Å². The highest BCUT2D eigenvalue weighted by atomic mass is 16.5. The Bertz CT molecular complexity index is 1520. The third-order valence-electron chi connectivity index (χ3n) is 5.58. The van der Waals surface area contributed by atoms with Crippen LogP contribution in [0.15, 0.2) is 66.7 Å². The van der Waals surface area contributed by atoms with E-state index >= 15 is 0 Å². The van der Waals surface area contributed by atoms with Crippen LogP contribution in [0.4, 0.5) is 0 Å². The SMILES string of the molecule is COc1ccc(OC)c(-n2c(O)c(C(=O)c3ccccc3)c3nc4ccc(C)cc4nc32)c1. The first-order valence-corrected chi connectivity index (χ1v) is 10.4. The Morgan fingerprint density at radius 1 is 0.909 bits per heavy atom. The molecule has 0 radical (unpaired) electrons. The van der Waals surface area contributed by atoms with Gasteiger partial charge in [0.1, 0.15) is 22.6 Å². The van der Waals surface area contributed by atoms with Gasteiger partial charge in [0, 0.05) is 11.6 Å². The van der Waals surface area contributed by atoms with Gasteiger partial charge in [-0.05, 0) is 36.8 Å². The zero-order chi connectivity index (χ0) is 23.1. The van der Waals surface area contributed by atoms with Gasteiger partial charge >= 0.3 is 0 Å². The Balaban J connectivity index is 1.90. The third kappa shape index (κ3) is 3.34. The Hall–Kier alpha value is -4.39. The van der Waals surface area contributed by atoms with Gasteiger partial charge in [0.25, 0.3) is 0 Å². The van der Waals surface area contributed by atoms with Gasteiger partial charge in [0.2, 0.25) is 11.7 Å². The van der Waals surface area contributed by atoms with E-state index in [1.807, 2.05) is 31.2 Å². The molecule has 0 unspecified atom stereocenters. The number of rotatable bonds is 5. The number of aryl methyl sites for hydroxylation is 1. The second-order valence-electron chi connectivity index (χ2n) is 7.65. The molecule has 5 rings (SSSR count). The van der Waals surface area contributed by atoms with Gasteiger partial charge < -0.3 is 14.6 Å². The van der Waals surface area contributed by atoms with E-state index in [4.69, 9.17) is 19.4 Å². The highest BCUT2D eigenvalue weighted by Crippen LogP contribution is 2.39. The van der Waals surface area contributed by atoms with Crippen LogP contribution in [-0.2, 0) is 0 Å². The first-order chi connectivity index (χ1) is 16.0. The van der Waals surface area contributed by atoms with Gasteiger partial charge in [0.15, 0.2) is 5.65 Å². The average Bonchev–Trinajstić information content (AvgIpc) is 3.12. The van der Waals surface area contributed by atoms with Crippen molar-refractivity contribution in [2.24, 2.45) is 0 Å². The summed E-state index contributed by atoms with van der Waals surface area (Å²) in [6.07, 6.45) is 0. The van der Waals surface area contributed by atoms with Crippen LogP contribution in [0, 0.1) is 6.92 Å². The average molecular weight is 439 g/mol. The summed E-state index contributed by atoms with van der Waals surface area (Å²) in [5, 5.41) is 11.4. The van der Waals surface area contributed by atoms with Gasteiger partial charge in [-0.1, -0.05) is 36.4 Å². The molecule has 0 saturated carbocycles. The van der Waals surface area contributed by atoms with E-state index in [9.17, 15) is 9.90 Å². The lowest BCUT2D eigenvalue weighted by atomic mass is 10.0. The van der Waals surface area contributed by atoms with Gasteiger partial charge in [0.05, 0.1) is 30.9 Å². The van der Waals surface area contributed by atoms with Crippen LogP contribution in [-0.4, -0.2) is 39.6 Å². The maximum absolute atomic E-state index is 13.5. The molecule has 33 heavy (non-hydrogen) atoms. The smallest absolute Gasteiger partial charge is 0.211 e. The highest BCUT2D eigenvalue weighted by molar-refractivity contribution is 6.18. The number of ether oxygens (including phenoxy) is 2. The van der Waals surface area contributed by atoms with Crippen molar-refractivity contribution in [1.82, 2.24) is 14.5 Å². The lowest BCUT2D eigenvalue weighted by Crippen LogP contribution is -2.02. The Morgan fingerprint density at radius 3 is 2.42 bits per heavy atom. The molecule has 0 bridgehead atoms. The zero-order valence-electron chi connectivity index (χ0n) is 18.4. The predicted molar refractivity (Wildman–Crippen MR) is 126 cm³/mol. The van der Waals surface area contributed by atoms with Gasteiger partial charge in [-0.25, -0.2) is 9.97 Å². The molecule has 3 aromatic carbocycles. The normalized spacial score (nSPS) is 11.1. The molecule has 2 heterocycles. The van der Waals surface area contributed by atoms with Crippen LogP contribution in [0.1, 0.15) is 21.5 Å². The summed E-state index contributed by atoms with van der Waals surface area (Å²) >= 11 is 0. The van der Waals surface area contributed by atoms with Crippen molar-refractivity contribution in [3.8, 4) is 23.1 Å². The van der Waals surface area contributed by atoms with E-state index in [-0.39, 0.29) is 17.2 Å². The van der Waals surface area contributed by atoms with Gasteiger partial charge in [-0.15, -0.1) is 0 Å². The van der Waals surface area contributed by atoms with Crippen molar-refractivity contribution in [3.63, 3.8) is 0 Å². The quantitative estimate of drug-likeness (QED) is 0.395. The number of methoxy groups -OCH3 is 2. The van der Waals surface area contributed by atoms with Crippen LogP contribution in [0.3, 0.4) is 0 Å². The number of fused-ring (bicyclic) bond motifs is 2. The van der Waals surface area contributed by atoms with E-state index in [0.717, 1.165) is 5.56 Å². The molecular weight excluding hydrogens is 418 g/mol. The van der Waals surface area contributed by atoms with E-state index in [0.29, 0.717) is 44.9 Å². The van der Waals surface area contributed by atoms with Crippen molar-refractivity contribution in [1.29, 1.82) is 0 Å². The number of ketones is 1. The lowest BCUT2D eigenvalue weighted by molar-refractivity contribution is 0.103. The van der Waals surface area contributed by atoms with Crippen molar-refractivity contribution in [2.75, 3.05) is 14.2 Å². The maximum Gasteiger partial charge on any atom is 0.211 e. The molecule has 0 amide bonds. The molecule has 2 aromatic heterocycles. The minimum atomic E-state index is -0.348. The number of carbonyl (C=O) groups is 1. The molecule has 0 spiro atoms. The van der Waals surface area contributed by atoms with Crippen LogP contribution in [0.25, 0.3) is 27.9 Å². The second-order valence-corrected chi connectivity index (χ2v) is 7.65. The van der Waals surface area contributed by atoms with Crippen molar-refractivity contribution in [2.45, 2.75) is 6.92 Å². The molecule has 0 saturated heterocycles. The molecular formula is C26H21N3O4. The highest BCUT2D eigenvalue weighted by Gasteiger charge is 2.28. The number of carbonyl (C=O) groups excluding carboxylic acids is 1. The molecule has 0 aliphatic rings. The number of hydrogen-bond acceptors (Lipinski definition) is 6. The summed E-state index contributed by atoms with van der Waals surface area (Å²) in [7, 11) is 3.09. The minimum absolute atomic E-state index is 0.0797. The molecule has 1 N–H and O–H groups in total. The number of hydrogen-bond donors (Lipinski definition) is 1. The number of benzene rings is 3. The Morgan fingerprint density at radius 2 is 1.70 bits per heavy atom. The molecule has 0 aliphatic carbocycles. The zero-order valence-corrected chi connectivity index (χ0v) is 18.4. The lowest BCUT2D eigenvalue weighted by Gasteiger charge is -2.13. The fraction of sp³-hybridized carbons (Fsp3) is 0.115. The van der Waals surface area contributed by atoms with Crippen LogP contribution in [0.2, 0.25) is 0 Å². The van der Waals surface area contributed by atoms with Crippen molar-refractivity contribution >= 4 is 28.0 Å². The number of aromatic nitrogens is 3. The molecule has 0 fully saturated rings. The summed E-state index contributed by atoms with van der Waals surface area (Å²) in [5.41, 5.74) is 3.96. The molecule has 164 valence electrons. The molecule has 5 aromatic rings. The van der Waals surface area contributed by atoms with E-state index < -0.39 is 0 Å². The molecule has 0 aliphatic heterocycles. The maximum atomic E-state index is 13.5. The van der Waals surface area contributed by atoms with Crippen LogP contribution >= 0.6 is 0 Å². The minimum Gasteiger partial charge on any atom is -0.497 e.